The SMILES string of the molecule is CC=Cc1ccccc1.O=S(=O)(O)O. The minimum atomic E-state index is -4.67. The molecule has 0 unspecified atom stereocenters. The van der Waals surface area contributed by atoms with Crippen LogP contribution in [0.2, 0.25) is 0 Å². The molecule has 78 valence electrons. The summed E-state index contributed by atoms with van der Waals surface area (Å²) in [6, 6.07) is 10.3. The highest BCUT2D eigenvalue weighted by Crippen LogP contribution is 1.99. The summed E-state index contributed by atoms with van der Waals surface area (Å²) in [4.78, 5) is 0. The van der Waals surface area contributed by atoms with E-state index >= 15 is 0 Å². The van der Waals surface area contributed by atoms with Crippen molar-refractivity contribution in [2.45, 2.75) is 6.92 Å². The number of hydrogen-bond donors (Lipinski definition) is 2. The maximum atomic E-state index is 8.74. The molecule has 5 heteroatoms. The number of hydrogen-bond acceptors (Lipinski definition) is 2. The summed E-state index contributed by atoms with van der Waals surface area (Å²) >= 11 is 0. The van der Waals surface area contributed by atoms with Crippen LogP contribution in [0.3, 0.4) is 0 Å². The quantitative estimate of drug-likeness (QED) is 0.705. The van der Waals surface area contributed by atoms with E-state index in [2.05, 4.69) is 18.2 Å². The van der Waals surface area contributed by atoms with Crippen LogP contribution in [0, 0.1) is 0 Å². The Morgan fingerprint density at radius 1 is 1.14 bits per heavy atom. The molecular formula is C9H12O4S. The molecule has 0 fully saturated rings. The maximum absolute atomic E-state index is 8.74. The van der Waals surface area contributed by atoms with E-state index in [1.165, 1.54) is 5.56 Å². The van der Waals surface area contributed by atoms with E-state index in [1.807, 2.05) is 31.2 Å². The van der Waals surface area contributed by atoms with Crippen molar-refractivity contribution in [3.05, 3.63) is 42.0 Å². The molecule has 1 aromatic rings. The van der Waals surface area contributed by atoms with Crippen molar-refractivity contribution < 1.29 is 17.5 Å². The molecule has 1 rings (SSSR count). The van der Waals surface area contributed by atoms with Gasteiger partial charge in [-0.25, -0.2) is 0 Å². The molecule has 14 heavy (non-hydrogen) atoms. The highest BCUT2D eigenvalue weighted by atomic mass is 32.3. The average Bonchev–Trinajstić information content (AvgIpc) is 2.03. The van der Waals surface area contributed by atoms with E-state index in [9.17, 15) is 0 Å². The average molecular weight is 216 g/mol. The molecule has 0 radical (unpaired) electrons. The second-order valence-electron chi connectivity index (χ2n) is 2.36. The molecule has 0 saturated heterocycles. The summed E-state index contributed by atoms with van der Waals surface area (Å²) in [6.07, 6.45) is 4.12. The van der Waals surface area contributed by atoms with Gasteiger partial charge in [0.05, 0.1) is 0 Å². The molecule has 0 aromatic heterocycles. The van der Waals surface area contributed by atoms with E-state index in [-0.39, 0.29) is 0 Å². The van der Waals surface area contributed by atoms with Gasteiger partial charge >= 0.3 is 10.4 Å². The van der Waals surface area contributed by atoms with Gasteiger partial charge in [-0.3, -0.25) is 9.11 Å². The molecule has 0 spiro atoms. The third kappa shape index (κ3) is 10.8. The molecule has 4 nitrogen and oxygen atoms in total. The molecular weight excluding hydrogens is 204 g/mol. The molecule has 2 N–H and O–H groups in total. The number of benzene rings is 1. The monoisotopic (exact) mass is 216 g/mol. The highest BCUT2D eigenvalue weighted by Gasteiger charge is 1.84. The fourth-order valence-electron chi connectivity index (χ4n) is 0.757. The van der Waals surface area contributed by atoms with Gasteiger partial charge in [-0.1, -0.05) is 42.5 Å². The zero-order valence-electron chi connectivity index (χ0n) is 7.66. The van der Waals surface area contributed by atoms with Gasteiger partial charge in [-0.2, -0.15) is 8.42 Å². The van der Waals surface area contributed by atoms with Crippen LogP contribution < -0.4 is 0 Å². The van der Waals surface area contributed by atoms with Crippen LogP contribution in [0.4, 0.5) is 0 Å². The standard InChI is InChI=1S/C9H10.H2O4S/c1-2-6-9-7-4-3-5-8-9;1-5(2,3)4/h2-8H,1H3;(H2,1,2,3,4). The first-order valence-corrected chi connectivity index (χ1v) is 5.21. The summed E-state index contributed by atoms with van der Waals surface area (Å²) < 4.78 is 31.6. The van der Waals surface area contributed by atoms with Crippen molar-refractivity contribution >= 4 is 16.5 Å². The van der Waals surface area contributed by atoms with Gasteiger partial charge < -0.3 is 0 Å². The molecule has 0 amide bonds. The van der Waals surface area contributed by atoms with E-state index in [1.54, 1.807) is 0 Å². The molecule has 0 saturated carbocycles. The Kier molecular flexibility index (Phi) is 5.78. The first kappa shape index (κ1) is 12.8. The van der Waals surface area contributed by atoms with Crippen LogP contribution >= 0.6 is 0 Å². The fourth-order valence-corrected chi connectivity index (χ4v) is 0.757. The minimum absolute atomic E-state index is 1.26. The van der Waals surface area contributed by atoms with Crippen molar-refractivity contribution in [2.75, 3.05) is 0 Å². The predicted octanol–water partition coefficient (Wildman–Crippen LogP) is 2.07. The molecule has 0 aliphatic heterocycles. The Balaban J connectivity index is 0.000000292. The molecule has 0 aliphatic rings. The Labute approximate surface area is 83.5 Å². The second-order valence-corrected chi connectivity index (χ2v) is 3.25. The third-order valence-electron chi connectivity index (χ3n) is 1.16. The van der Waals surface area contributed by atoms with Crippen LogP contribution in [0.5, 0.6) is 0 Å². The van der Waals surface area contributed by atoms with Crippen molar-refractivity contribution in [1.82, 2.24) is 0 Å². The van der Waals surface area contributed by atoms with Crippen molar-refractivity contribution in [2.24, 2.45) is 0 Å². The summed E-state index contributed by atoms with van der Waals surface area (Å²) in [6.45, 7) is 2.02. The third-order valence-corrected chi connectivity index (χ3v) is 1.16. The van der Waals surface area contributed by atoms with Gasteiger partial charge in [0, 0.05) is 0 Å². The van der Waals surface area contributed by atoms with Gasteiger partial charge in [-0.15, -0.1) is 0 Å². The predicted molar refractivity (Wildman–Crippen MR) is 55.3 cm³/mol. The Morgan fingerprint density at radius 3 is 1.93 bits per heavy atom. The van der Waals surface area contributed by atoms with Crippen molar-refractivity contribution in [1.29, 1.82) is 0 Å². The first-order chi connectivity index (χ1) is 6.43. The molecule has 0 bridgehead atoms. The van der Waals surface area contributed by atoms with Gasteiger partial charge in [0.25, 0.3) is 0 Å². The molecule has 0 aliphatic carbocycles. The van der Waals surface area contributed by atoms with E-state index in [0.717, 1.165) is 0 Å². The van der Waals surface area contributed by atoms with Gasteiger partial charge in [0.2, 0.25) is 0 Å². The summed E-state index contributed by atoms with van der Waals surface area (Å²) in [7, 11) is -4.67. The topological polar surface area (TPSA) is 74.6 Å². The maximum Gasteiger partial charge on any atom is 0.394 e. The van der Waals surface area contributed by atoms with Crippen LogP contribution in [-0.4, -0.2) is 17.5 Å². The lowest BCUT2D eigenvalue weighted by molar-refractivity contribution is 0.381. The van der Waals surface area contributed by atoms with Gasteiger partial charge in [0.15, 0.2) is 0 Å². The highest BCUT2D eigenvalue weighted by molar-refractivity contribution is 7.79. The van der Waals surface area contributed by atoms with E-state index in [4.69, 9.17) is 17.5 Å². The lowest BCUT2D eigenvalue weighted by Gasteiger charge is -1.86. The van der Waals surface area contributed by atoms with Crippen molar-refractivity contribution in [3.8, 4) is 0 Å². The lowest BCUT2D eigenvalue weighted by Crippen LogP contribution is -1.89. The summed E-state index contributed by atoms with van der Waals surface area (Å²) in [5, 5.41) is 0. The summed E-state index contributed by atoms with van der Waals surface area (Å²) in [5.41, 5.74) is 1.26. The normalized spacial score (nSPS) is 10.8. The van der Waals surface area contributed by atoms with E-state index < -0.39 is 10.4 Å². The van der Waals surface area contributed by atoms with Crippen LogP contribution in [0.15, 0.2) is 36.4 Å². The first-order valence-electron chi connectivity index (χ1n) is 3.81. The Hall–Kier alpha value is -1.17. The molecule has 1 aromatic carbocycles. The van der Waals surface area contributed by atoms with Crippen molar-refractivity contribution in [3.63, 3.8) is 0 Å². The van der Waals surface area contributed by atoms with Gasteiger partial charge in [0.1, 0.15) is 0 Å². The molecule has 0 heterocycles. The number of rotatable bonds is 1. The van der Waals surface area contributed by atoms with E-state index in [0.29, 0.717) is 0 Å². The smallest absolute Gasteiger partial charge is 0.264 e. The van der Waals surface area contributed by atoms with Crippen LogP contribution in [0.1, 0.15) is 12.5 Å². The van der Waals surface area contributed by atoms with Crippen LogP contribution in [0.25, 0.3) is 6.08 Å². The zero-order chi connectivity index (χ0) is 11.0. The lowest BCUT2D eigenvalue weighted by atomic mass is 10.2. The molecule has 0 atom stereocenters. The fraction of sp³-hybridized carbons (Fsp3) is 0.111. The Morgan fingerprint density at radius 2 is 1.57 bits per heavy atom. The Bertz CT molecular complexity index is 359. The second kappa shape index (κ2) is 6.31. The zero-order valence-corrected chi connectivity index (χ0v) is 8.48. The van der Waals surface area contributed by atoms with Gasteiger partial charge in [-0.05, 0) is 12.5 Å². The largest absolute Gasteiger partial charge is 0.394 e. The summed E-state index contributed by atoms with van der Waals surface area (Å²) in [5.74, 6) is 0. The van der Waals surface area contributed by atoms with Crippen LogP contribution in [-0.2, 0) is 10.4 Å². The number of allylic oxidation sites excluding steroid dienone is 1. The minimum Gasteiger partial charge on any atom is -0.264 e.